The molecule has 1 aliphatic heterocycles. The second kappa shape index (κ2) is 9.95. The van der Waals surface area contributed by atoms with Gasteiger partial charge >= 0.3 is 28.9 Å². The average molecular weight is 465 g/mol. The minimum absolute atomic E-state index is 0. The van der Waals surface area contributed by atoms with Gasteiger partial charge in [-0.1, -0.05) is 19.4 Å². The van der Waals surface area contributed by atoms with E-state index in [1.165, 1.54) is 6.07 Å². The molecule has 0 unspecified atom stereocenters. The quantitative estimate of drug-likeness (QED) is 0.245. The van der Waals surface area contributed by atoms with E-state index >= 15 is 0 Å². The van der Waals surface area contributed by atoms with E-state index in [1.807, 2.05) is 44.2 Å². The van der Waals surface area contributed by atoms with Crippen molar-refractivity contribution in [2.45, 2.75) is 31.7 Å². The van der Waals surface area contributed by atoms with E-state index in [2.05, 4.69) is 4.99 Å². The van der Waals surface area contributed by atoms with Crippen LogP contribution in [-0.2, 0) is 21.8 Å². The zero-order valence-corrected chi connectivity index (χ0v) is 16.9. The summed E-state index contributed by atoms with van der Waals surface area (Å²) in [6.07, 6.45) is 0. The van der Waals surface area contributed by atoms with Gasteiger partial charge in [0.05, 0.1) is 6.04 Å². The largest absolute Gasteiger partial charge is 2.00 e. The van der Waals surface area contributed by atoms with Crippen LogP contribution < -0.4 is 5.30 Å². The van der Waals surface area contributed by atoms with E-state index in [0.29, 0.717) is 0 Å². The molecule has 2 aromatic rings. The summed E-state index contributed by atoms with van der Waals surface area (Å²) in [5, 5.41) is -0.807. The normalized spacial score (nSPS) is 16.9. The van der Waals surface area contributed by atoms with E-state index in [9.17, 15) is 26.3 Å². The third-order valence-corrected chi connectivity index (χ3v) is 5.66. The predicted octanol–water partition coefficient (Wildman–Crippen LogP) is 5.76. The molecule has 0 aromatic heterocycles. The first-order chi connectivity index (χ1) is 12.5. The number of halogens is 6. The van der Waals surface area contributed by atoms with E-state index in [-0.39, 0.29) is 47.1 Å². The molecule has 10 heteroatoms. The van der Waals surface area contributed by atoms with Crippen molar-refractivity contribution in [3.05, 3.63) is 54.1 Å². The monoisotopic (exact) mass is 465 g/mol. The summed E-state index contributed by atoms with van der Waals surface area (Å²) >= 11 is 0. The molecule has 0 N–H and O–H groups in total. The number of ether oxygens (including phenoxy) is 1. The molecule has 2 aromatic carbocycles. The standard InChI is InChI=1S/C13H13F6NOP.C5H5.Fe/c1-7(2)9-6-21-11(20-9)8-4-3-5-10(8)22(12(14,15)16)13(17,18)19;1-2-4-5-3-1;/h3-5,7,9H,6H2,1-2H3;1-5H;/q2*-1;+2/t9-;;/m1../s1. The fraction of sp³-hybridized carbons (Fsp3) is 0.389. The Morgan fingerprint density at radius 1 is 1.11 bits per heavy atom. The first kappa shape index (κ1) is 24.7. The van der Waals surface area contributed by atoms with Crippen molar-refractivity contribution in [3.8, 4) is 0 Å². The maximum Gasteiger partial charge on any atom is 2.00 e. The third-order valence-electron chi connectivity index (χ3n) is 3.77. The summed E-state index contributed by atoms with van der Waals surface area (Å²) in [5.41, 5.74) is -0.219. The Hall–Kier alpha value is -1.30. The molecular formula is C18H18F6FeNOP. The minimum atomic E-state index is -5.37. The molecule has 28 heavy (non-hydrogen) atoms. The summed E-state index contributed by atoms with van der Waals surface area (Å²) in [6, 6.07) is 12.9. The number of hydrogen-bond donors (Lipinski definition) is 0. The van der Waals surface area contributed by atoms with Gasteiger partial charge < -0.3 is 4.74 Å². The number of aliphatic imine (C=N–C) groups is 1. The van der Waals surface area contributed by atoms with Crippen LogP contribution in [0.2, 0.25) is 0 Å². The topological polar surface area (TPSA) is 21.6 Å². The average Bonchev–Trinajstić information content (AvgIpc) is 3.28. The summed E-state index contributed by atoms with van der Waals surface area (Å²) in [5.74, 6) is -10.8. The van der Waals surface area contributed by atoms with Gasteiger partial charge in [-0.05, 0) is 5.92 Å². The number of hydrogen-bond acceptors (Lipinski definition) is 2. The molecule has 0 saturated carbocycles. The van der Waals surface area contributed by atoms with Crippen molar-refractivity contribution < 1.29 is 48.1 Å². The van der Waals surface area contributed by atoms with Gasteiger partial charge in [0, 0.05) is 0 Å². The zero-order valence-electron chi connectivity index (χ0n) is 14.9. The van der Waals surface area contributed by atoms with Gasteiger partial charge in [-0.15, -0.1) is 5.30 Å². The van der Waals surface area contributed by atoms with E-state index in [4.69, 9.17) is 4.74 Å². The van der Waals surface area contributed by atoms with Crippen LogP contribution in [-0.4, -0.2) is 30.4 Å². The molecule has 1 aliphatic rings. The van der Waals surface area contributed by atoms with Crippen molar-refractivity contribution in [2.75, 3.05) is 6.61 Å². The summed E-state index contributed by atoms with van der Waals surface area (Å²) in [4.78, 5) is 4.11. The van der Waals surface area contributed by atoms with Crippen LogP contribution in [0, 0.1) is 5.92 Å². The molecule has 0 fully saturated rings. The Bertz CT molecular complexity index is 705. The van der Waals surface area contributed by atoms with Crippen molar-refractivity contribution in [2.24, 2.45) is 10.9 Å². The number of alkyl halides is 6. The third kappa shape index (κ3) is 6.36. The number of rotatable bonds is 3. The van der Waals surface area contributed by atoms with E-state index < -0.39 is 25.1 Å². The van der Waals surface area contributed by atoms with Crippen LogP contribution in [0.3, 0.4) is 0 Å². The van der Waals surface area contributed by atoms with Gasteiger partial charge in [0.25, 0.3) is 0 Å². The van der Waals surface area contributed by atoms with Gasteiger partial charge in [0.1, 0.15) is 14.5 Å². The Balaban J connectivity index is 0.000000567. The zero-order chi connectivity index (χ0) is 20.2. The van der Waals surface area contributed by atoms with Crippen LogP contribution in [0.25, 0.3) is 0 Å². The van der Waals surface area contributed by atoms with Crippen LogP contribution in [0.15, 0.2) is 53.5 Å². The van der Waals surface area contributed by atoms with Gasteiger partial charge in [-0.2, -0.15) is 50.6 Å². The molecule has 0 spiro atoms. The van der Waals surface area contributed by atoms with Crippen LogP contribution in [0.1, 0.15) is 19.4 Å². The fourth-order valence-corrected chi connectivity index (χ4v) is 3.88. The summed E-state index contributed by atoms with van der Waals surface area (Å²) in [7, 11) is -4.33. The molecule has 0 aliphatic carbocycles. The van der Waals surface area contributed by atoms with Crippen molar-refractivity contribution >= 4 is 19.1 Å². The van der Waals surface area contributed by atoms with Crippen LogP contribution in [0.4, 0.5) is 26.3 Å². The second-order valence-electron chi connectivity index (χ2n) is 6.11. The molecule has 0 bridgehead atoms. The fourth-order valence-electron chi connectivity index (χ4n) is 2.40. The molecular weight excluding hydrogens is 447 g/mol. The van der Waals surface area contributed by atoms with Gasteiger partial charge in [0.2, 0.25) is 0 Å². The molecule has 1 atom stereocenters. The van der Waals surface area contributed by atoms with Gasteiger partial charge in [-0.3, -0.25) is 4.99 Å². The Morgan fingerprint density at radius 2 is 1.68 bits per heavy atom. The van der Waals surface area contributed by atoms with Crippen LogP contribution in [0.5, 0.6) is 0 Å². The predicted molar refractivity (Wildman–Crippen MR) is 93.8 cm³/mol. The Kier molecular flexibility index (Phi) is 8.79. The summed E-state index contributed by atoms with van der Waals surface area (Å²) in [6.45, 7) is 3.86. The maximum atomic E-state index is 12.9. The first-order valence-electron chi connectivity index (χ1n) is 8.09. The molecule has 3 rings (SSSR count). The maximum absolute atomic E-state index is 12.9. The molecule has 1 heterocycles. The van der Waals surface area contributed by atoms with Crippen molar-refractivity contribution in [3.63, 3.8) is 0 Å². The van der Waals surface area contributed by atoms with Gasteiger partial charge in [-0.25, -0.2) is 24.3 Å². The molecule has 2 nitrogen and oxygen atoms in total. The minimum Gasteiger partial charge on any atom is -0.485 e. The van der Waals surface area contributed by atoms with E-state index in [0.717, 1.165) is 12.1 Å². The van der Waals surface area contributed by atoms with Crippen molar-refractivity contribution in [1.82, 2.24) is 0 Å². The smallest absolute Gasteiger partial charge is 0.485 e. The SMILES string of the molecule is CC(C)[C@H]1COC([c-]2cccc2P(C(F)(F)F)C(F)(F)F)=N1.[Fe+2].c1cc[cH-]c1. The van der Waals surface area contributed by atoms with E-state index in [1.54, 1.807) is 0 Å². The van der Waals surface area contributed by atoms with Gasteiger partial charge in [0.15, 0.2) is 5.90 Å². The summed E-state index contributed by atoms with van der Waals surface area (Å²) < 4.78 is 82.5. The second-order valence-corrected chi connectivity index (χ2v) is 8.28. The van der Waals surface area contributed by atoms with Crippen molar-refractivity contribution in [1.29, 1.82) is 0 Å². The molecule has 0 radical (unpaired) electrons. The van der Waals surface area contributed by atoms with Crippen LogP contribution >= 0.6 is 7.92 Å². The Labute approximate surface area is 170 Å². The first-order valence-corrected chi connectivity index (χ1v) is 9.43. The number of nitrogens with zero attached hydrogens (tertiary/aromatic N) is 1. The molecule has 156 valence electrons. The Morgan fingerprint density at radius 3 is 2.07 bits per heavy atom. The molecule has 0 amide bonds. The molecule has 0 saturated heterocycles.